The molecule has 1 atom stereocenters. The Bertz CT molecular complexity index is 931. The maximum atomic E-state index is 12.6. The minimum atomic E-state index is -0.280. The van der Waals surface area contributed by atoms with Crippen LogP contribution in [0.5, 0.6) is 0 Å². The maximum absolute atomic E-state index is 12.6. The molecular weight excluding hydrogens is 374 g/mol. The highest BCUT2D eigenvalue weighted by Crippen LogP contribution is 2.30. The molecule has 26 heavy (non-hydrogen) atoms. The third-order valence-corrected chi connectivity index (χ3v) is 5.51. The number of carbonyl (C=O) groups excluding carboxylic acids is 1. The zero-order valence-corrected chi connectivity index (χ0v) is 15.5. The minimum Gasteiger partial charge on any atom is -0.370 e. The Morgan fingerprint density at radius 2 is 2.15 bits per heavy atom. The molecule has 2 aromatic heterocycles. The molecule has 3 aromatic rings. The van der Waals surface area contributed by atoms with Crippen LogP contribution in [0.4, 0.5) is 5.95 Å². The molecule has 2 N–H and O–H groups in total. The first-order chi connectivity index (χ1) is 12.6. The standard InChI is InChI=1S/C17H16ClN5O2S/c1-9-13(26-16(19-9)10-4-6-11(18)7-5-10)15(24)21-17-20-14(22-23-17)12-3-2-8-25-12/h4-7,12H,2-3,8H2,1H3,(H2,20,21,22,23,24)/t12-/m1/s1. The van der Waals surface area contributed by atoms with Crippen molar-refractivity contribution < 1.29 is 9.53 Å². The molecule has 7 nitrogen and oxygen atoms in total. The first-order valence-corrected chi connectivity index (χ1v) is 9.38. The molecule has 1 aliphatic rings. The van der Waals surface area contributed by atoms with E-state index in [0.717, 1.165) is 30.0 Å². The highest BCUT2D eigenvalue weighted by Gasteiger charge is 2.23. The van der Waals surface area contributed by atoms with Gasteiger partial charge in [-0.25, -0.2) is 4.98 Å². The Morgan fingerprint density at radius 1 is 1.35 bits per heavy atom. The molecule has 0 aliphatic carbocycles. The number of aromatic nitrogens is 4. The Balaban J connectivity index is 1.50. The third kappa shape index (κ3) is 3.48. The summed E-state index contributed by atoms with van der Waals surface area (Å²) < 4.78 is 5.56. The summed E-state index contributed by atoms with van der Waals surface area (Å²) in [4.78, 5) is 21.9. The van der Waals surface area contributed by atoms with Gasteiger partial charge in [0.05, 0.1) is 5.69 Å². The van der Waals surface area contributed by atoms with Crippen molar-refractivity contribution in [2.24, 2.45) is 0 Å². The second-order valence-electron chi connectivity index (χ2n) is 5.94. The number of aromatic amines is 1. The van der Waals surface area contributed by atoms with Crippen molar-refractivity contribution in [2.45, 2.75) is 25.9 Å². The molecule has 1 amide bonds. The zero-order chi connectivity index (χ0) is 18.1. The van der Waals surface area contributed by atoms with Crippen molar-refractivity contribution in [1.29, 1.82) is 0 Å². The van der Waals surface area contributed by atoms with E-state index in [2.05, 4.69) is 25.5 Å². The number of carbonyl (C=O) groups is 1. The minimum absolute atomic E-state index is 0.0743. The molecule has 1 saturated heterocycles. The van der Waals surface area contributed by atoms with E-state index in [0.29, 0.717) is 21.4 Å². The molecule has 4 rings (SSSR count). The van der Waals surface area contributed by atoms with E-state index in [1.807, 2.05) is 12.1 Å². The lowest BCUT2D eigenvalue weighted by Crippen LogP contribution is -2.12. The van der Waals surface area contributed by atoms with Crippen LogP contribution in [0.25, 0.3) is 10.6 Å². The van der Waals surface area contributed by atoms with Crippen LogP contribution in [0.3, 0.4) is 0 Å². The number of hydrogen-bond donors (Lipinski definition) is 2. The first kappa shape index (κ1) is 17.1. The Hall–Kier alpha value is -2.29. The molecule has 0 saturated carbocycles. The molecule has 9 heteroatoms. The number of nitrogens with one attached hydrogen (secondary N) is 2. The van der Waals surface area contributed by atoms with Gasteiger partial charge in [-0.1, -0.05) is 23.7 Å². The fourth-order valence-corrected chi connectivity index (χ4v) is 3.84. The number of aryl methyl sites for hydroxylation is 1. The summed E-state index contributed by atoms with van der Waals surface area (Å²) in [7, 11) is 0. The van der Waals surface area contributed by atoms with Gasteiger partial charge in [0, 0.05) is 17.2 Å². The number of benzene rings is 1. The fraction of sp³-hybridized carbons (Fsp3) is 0.294. The average molecular weight is 390 g/mol. The molecule has 3 heterocycles. The Morgan fingerprint density at radius 3 is 2.88 bits per heavy atom. The number of hydrogen-bond acceptors (Lipinski definition) is 6. The van der Waals surface area contributed by atoms with Gasteiger partial charge in [-0.05, 0) is 31.9 Å². The summed E-state index contributed by atoms with van der Waals surface area (Å²) in [5.41, 5.74) is 1.58. The Labute approximate surface area is 158 Å². The number of thiazole rings is 1. The second kappa shape index (κ2) is 7.14. The van der Waals surface area contributed by atoms with Crippen LogP contribution in [0.15, 0.2) is 24.3 Å². The first-order valence-electron chi connectivity index (χ1n) is 8.19. The van der Waals surface area contributed by atoms with Gasteiger partial charge >= 0.3 is 0 Å². The molecule has 0 spiro atoms. The van der Waals surface area contributed by atoms with Gasteiger partial charge < -0.3 is 4.74 Å². The molecule has 1 aromatic carbocycles. The van der Waals surface area contributed by atoms with Crippen molar-refractivity contribution in [3.63, 3.8) is 0 Å². The SMILES string of the molecule is Cc1nc(-c2ccc(Cl)cc2)sc1C(=O)Nc1n[nH]c([C@H]2CCCO2)n1. The number of H-pyrrole nitrogens is 1. The molecule has 0 bridgehead atoms. The van der Waals surface area contributed by atoms with Crippen LogP contribution in [-0.2, 0) is 4.74 Å². The topological polar surface area (TPSA) is 92.8 Å². The maximum Gasteiger partial charge on any atom is 0.270 e. The van der Waals surface area contributed by atoms with Crippen LogP contribution in [0, 0.1) is 6.92 Å². The number of nitrogens with zero attached hydrogens (tertiary/aromatic N) is 3. The average Bonchev–Trinajstić information content (AvgIpc) is 3.35. The van der Waals surface area contributed by atoms with Crippen LogP contribution in [-0.4, -0.2) is 32.7 Å². The zero-order valence-electron chi connectivity index (χ0n) is 14.0. The van der Waals surface area contributed by atoms with Crippen molar-refractivity contribution in [3.8, 4) is 10.6 Å². The van der Waals surface area contributed by atoms with E-state index >= 15 is 0 Å². The van der Waals surface area contributed by atoms with Crippen molar-refractivity contribution >= 4 is 34.8 Å². The number of ether oxygens (including phenoxy) is 1. The van der Waals surface area contributed by atoms with Crippen LogP contribution in [0.1, 0.15) is 40.1 Å². The fourth-order valence-electron chi connectivity index (χ4n) is 2.75. The summed E-state index contributed by atoms with van der Waals surface area (Å²) in [6.45, 7) is 2.53. The van der Waals surface area contributed by atoms with Gasteiger partial charge in [0.1, 0.15) is 16.0 Å². The summed E-state index contributed by atoms with van der Waals surface area (Å²) in [5, 5.41) is 11.0. The lowest BCUT2D eigenvalue weighted by atomic mass is 10.2. The highest BCUT2D eigenvalue weighted by atomic mass is 35.5. The van der Waals surface area contributed by atoms with Gasteiger partial charge in [0.2, 0.25) is 5.95 Å². The second-order valence-corrected chi connectivity index (χ2v) is 7.38. The number of anilines is 1. The van der Waals surface area contributed by atoms with Gasteiger partial charge in [0.15, 0.2) is 5.82 Å². The number of rotatable bonds is 4. The van der Waals surface area contributed by atoms with E-state index in [1.165, 1.54) is 11.3 Å². The van der Waals surface area contributed by atoms with Gasteiger partial charge in [0.25, 0.3) is 5.91 Å². The summed E-state index contributed by atoms with van der Waals surface area (Å²) in [5.74, 6) is 0.597. The van der Waals surface area contributed by atoms with E-state index < -0.39 is 0 Å². The number of amides is 1. The predicted molar refractivity (Wildman–Crippen MR) is 99.6 cm³/mol. The molecule has 0 unspecified atom stereocenters. The summed E-state index contributed by atoms with van der Waals surface area (Å²) in [6, 6.07) is 7.36. The van der Waals surface area contributed by atoms with Gasteiger partial charge in [-0.15, -0.1) is 16.4 Å². The van der Waals surface area contributed by atoms with Gasteiger partial charge in [-0.2, -0.15) is 4.98 Å². The van der Waals surface area contributed by atoms with E-state index in [1.54, 1.807) is 19.1 Å². The Kier molecular flexibility index (Phi) is 4.71. The van der Waals surface area contributed by atoms with Crippen LogP contribution >= 0.6 is 22.9 Å². The molecule has 134 valence electrons. The van der Waals surface area contributed by atoms with Crippen molar-refractivity contribution in [2.75, 3.05) is 11.9 Å². The molecular formula is C17H16ClN5O2S. The van der Waals surface area contributed by atoms with Crippen LogP contribution in [0.2, 0.25) is 5.02 Å². The van der Waals surface area contributed by atoms with E-state index in [4.69, 9.17) is 16.3 Å². The summed E-state index contributed by atoms with van der Waals surface area (Å²) in [6.07, 6.45) is 1.83. The highest BCUT2D eigenvalue weighted by molar-refractivity contribution is 7.17. The predicted octanol–water partition coefficient (Wildman–Crippen LogP) is 3.99. The lowest BCUT2D eigenvalue weighted by Gasteiger charge is -2.03. The smallest absolute Gasteiger partial charge is 0.270 e. The van der Waals surface area contributed by atoms with Crippen LogP contribution < -0.4 is 5.32 Å². The van der Waals surface area contributed by atoms with Crippen molar-refractivity contribution in [1.82, 2.24) is 20.2 Å². The van der Waals surface area contributed by atoms with E-state index in [9.17, 15) is 4.79 Å². The van der Waals surface area contributed by atoms with Gasteiger partial charge in [-0.3, -0.25) is 15.2 Å². The molecule has 0 radical (unpaired) electrons. The van der Waals surface area contributed by atoms with Crippen molar-refractivity contribution in [3.05, 3.63) is 45.7 Å². The molecule has 1 fully saturated rings. The monoisotopic (exact) mass is 389 g/mol. The normalized spacial score (nSPS) is 16.8. The largest absolute Gasteiger partial charge is 0.370 e. The quantitative estimate of drug-likeness (QED) is 0.703. The number of halogens is 1. The third-order valence-electron chi connectivity index (χ3n) is 4.06. The summed E-state index contributed by atoms with van der Waals surface area (Å²) >= 11 is 7.24. The molecule has 1 aliphatic heterocycles. The lowest BCUT2D eigenvalue weighted by molar-refractivity contribution is 0.102. The van der Waals surface area contributed by atoms with E-state index in [-0.39, 0.29) is 18.0 Å².